The van der Waals surface area contributed by atoms with Gasteiger partial charge in [-0.3, -0.25) is 0 Å². The Bertz CT molecular complexity index is 376. The van der Waals surface area contributed by atoms with Gasteiger partial charge in [-0.25, -0.2) is 0 Å². The maximum atomic E-state index is 11.1. The molecular formula is C15H24O. The van der Waals surface area contributed by atoms with Crippen molar-refractivity contribution in [2.45, 2.75) is 52.6 Å². The van der Waals surface area contributed by atoms with Gasteiger partial charge in [0, 0.05) is 0 Å². The molecule has 0 aromatic heterocycles. The van der Waals surface area contributed by atoms with Crippen molar-refractivity contribution in [1.82, 2.24) is 0 Å². The molecule has 5 fully saturated rings. The van der Waals surface area contributed by atoms with Crippen LogP contribution in [0.3, 0.4) is 0 Å². The highest BCUT2D eigenvalue weighted by Crippen LogP contribution is 2.92. The third kappa shape index (κ3) is 0.652. The van der Waals surface area contributed by atoms with Crippen LogP contribution in [0.4, 0.5) is 0 Å². The minimum Gasteiger partial charge on any atom is -0.389 e. The van der Waals surface area contributed by atoms with E-state index in [0.29, 0.717) is 22.7 Å². The molecule has 0 unspecified atom stereocenters. The van der Waals surface area contributed by atoms with Gasteiger partial charge in [0.05, 0.1) is 5.60 Å². The average Bonchev–Trinajstić information content (AvgIpc) is 2.58. The molecule has 0 aliphatic heterocycles. The quantitative estimate of drug-likeness (QED) is 0.720. The van der Waals surface area contributed by atoms with E-state index < -0.39 is 0 Å². The SMILES string of the molecule is CC(C)[C@]1(O)CC[C@@]2(C)[C@@H]3C[C@H]4[C@@H]([C@@H]31)[C@]42C. The third-order valence-electron chi connectivity index (χ3n) is 7.79. The molecule has 0 aromatic carbocycles. The van der Waals surface area contributed by atoms with Crippen LogP contribution in [-0.4, -0.2) is 10.7 Å². The Morgan fingerprint density at radius 2 is 1.75 bits per heavy atom. The molecule has 16 heavy (non-hydrogen) atoms. The summed E-state index contributed by atoms with van der Waals surface area (Å²) in [5.41, 5.74) is 0.855. The zero-order chi connectivity index (χ0) is 11.5. The van der Waals surface area contributed by atoms with Crippen LogP contribution in [0.15, 0.2) is 0 Å². The molecule has 1 N–H and O–H groups in total. The van der Waals surface area contributed by atoms with E-state index in [-0.39, 0.29) is 5.60 Å². The van der Waals surface area contributed by atoms with Gasteiger partial charge in [-0.1, -0.05) is 27.7 Å². The van der Waals surface area contributed by atoms with Gasteiger partial charge in [0.2, 0.25) is 0 Å². The molecule has 0 heterocycles. The molecule has 6 bridgehead atoms. The van der Waals surface area contributed by atoms with Crippen molar-refractivity contribution in [3.8, 4) is 0 Å². The van der Waals surface area contributed by atoms with Crippen molar-refractivity contribution in [3.63, 3.8) is 0 Å². The molecule has 1 nitrogen and oxygen atoms in total. The van der Waals surface area contributed by atoms with Crippen molar-refractivity contribution in [2.24, 2.45) is 40.4 Å². The summed E-state index contributed by atoms with van der Waals surface area (Å²) in [5.74, 6) is 3.76. The smallest absolute Gasteiger partial charge is 0.0704 e. The zero-order valence-corrected chi connectivity index (χ0v) is 11.0. The summed E-state index contributed by atoms with van der Waals surface area (Å²) in [7, 11) is 0. The minimum absolute atomic E-state index is 0.335. The molecule has 5 aliphatic carbocycles. The highest BCUT2D eigenvalue weighted by atomic mass is 16.3. The van der Waals surface area contributed by atoms with Gasteiger partial charge < -0.3 is 5.11 Å². The van der Waals surface area contributed by atoms with E-state index in [1.165, 1.54) is 12.8 Å². The second kappa shape index (κ2) is 2.25. The molecule has 90 valence electrons. The van der Waals surface area contributed by atoms with E-state index in [1.807, 2.05) is 0 Å². The molecule has 0 amide bonds. The van der Waals surface area contributed by atoms with Crippen LogP contribution in [0.5, 0.6) is 0 Å². The Labute approximate surface area is 98.6 Å². The second-order valence-electron chi connectivity index (χ2n) is 7.85. The summed E-state index contributed by atoms with van der Waals surface area (Å²) < 4.78 is 0. The van der Waals surface area contributed by atoms with Crippen LogP contribution in [-0.2, 0) is 0 Å². The number of rotatable bonds is 1. The predicted molar refractivity (Wildman–Crippen MR) is 63.8 cm³/mol. The van der Waals surface area contributed by atoms with Gasteiger partial charge in [-0.2, -0.15) is 0 Å². The van der Waals surface area contributed by atoms with Gasteiger partial charge in [0.1, 0.15) is 0 Å². The summed E-state index contributed by atoms with van der Waals surface area (Å²) in [6.07, 6.45) is 3.75. The zero-order valence-electron chi connectivity index (χ0n) is 11.0. The van der Waals surface area contributed by atoms with Gasteiger partial charge in [-0.15, -0.1) is 0 Å². The van der Waals surface area contributed by atoms with Crippen LogP contribution >= 0.6 is 0 Å². The first kappa shape index (κ1) is 9.94. The Morgan fingerprint density at radius 1 is 1.06 bits per heavy atom. The number of hydrogen-bond donors (Lipinski definition) is 1. The molecule has 1 heteroatoms. The summed E-state index contributed by atoms with van der Waals surface area (Å²) in [5, 5.41) is 11.1. The van der Waals surface area contributed by atoms with E-state index in [2.05, 4.69) is 27.7 Å². The molecule has 0 saturated heterocycles. The minimum atomic E-state index is -0.335. The molecule has 0 radical (unpaired) electrons. The lowest BCUT2D eigenvalue weighted by atomic mass is 9.59. The van der Waals surface area contributed by atoms with E-state index in [1.54, 1.807) is 0 Å². The first-order chi connectivity index (χ1) is 7.37. The van der Waals surface area contributed by atoms with E-state index in [4.69, 9.17) is 0 Å². The van der Waals surface area contributed by atoms with Gasteiger partial charge in [-0.05, 0) is 59.7 Å². The standard InChI is InChI=1S/C15H24O/c1-8(2)15(16)6-5-13(3)9-7-10-11(12(9)15)14(10,13)4/h8-12,16H,5-7H2,1-4H3/t9-,10+,11+,12-,13+,14+,15-/m1/s1. The van der Waals surface area contributed by atoms with Crippen LogP contribution in [0.25, 0.3) is 0 Å². The fourth-order valence-electron chi connectivity index (χ4n) is 6.60. The molecule has 5 rings (SSSR count). The molecule has 0 spiro atoms. The van der Waals surface area contributed by atoms with Gasteiger partial charge in [0.15, 0.2) is 0 Å². The van der Waals surface area contributed by atoms with Gasteiger partial charge >= 0.3 is 0 Å². The maximum absolute atomic E-state index is 11.1. The molecule has 0 aromatic rings. The van der Waals surface area contributed by atoms with Gasteiger partial charge in [0.25, 0.3) is 0 Å². The van der Waals surface area contributed by atoms with Crippen molar-refractivity contribution in [3.05, 3.63) is 0 Å². The fraction of sp³-hybridized carbons (Fsp3) is 1.00. The van der Waals surface area contributed by atoms with Crippen molar-refractivity contribution in [1.29, 1.82) is 0 Å². The first-order valence-electron chi connectivity index (χ1n) is 7.10. The lowest BCUT2D eigenvalue weighted by Gasteiger charge is -2.49. The van der Waals surface area contributed by atoms with Crippen LogP contribution in [0, 0.1) is 40.4 Å². The molecule has 7 atom stereocenters. The summed E-state index contributed by atoms with van der Waals surface area (Å²) in [6, 6.07) is 0. The van der Waals surface area contributed by atoms with Crippen molar-refractivity contribution >= 4 is 0 Å². The van der Waals surface area contributed by atoms with Crippen molar-refractivity contribution < 1.29 is 5.11 Å². The average molecular weight is 220 g/mol. The van der Waals surface area contributed by atoms with E-state index in [9.17, 15) is 5.11 Å². The highest BCUT2D eigenvalue weighted by Gasteiger charge is 2.88. The summed E-state index contributed by atoms with van der Waals surface area (Å²) >= 11 is 0. The fourth-order valence-corrected chi connectivity index (χ4v) is 6.60. The second-order valence-corrected chi connectivity index (χ2v) is 7.85. The number of hydrogen-bond acceptors (Lipinski definition) is 1. The molecule has 5 aliphatic rings. The summed E-state index contributed by atoms with van der Waals surface area (Å²) in [4.78, 5) is 0. The Morgan fingerprint density at radius 3 is 2.31 bits per heavy atom. The summed E-state index contributed by atoms with van der Waals surface area (Å²) in [6.45, 7) is 9.49. The topological polar surface area (TPSA) is 20.2 Å². The number of aliphatic hydroxyl groups is 1. The largest absolute Gasteiger partial charge is 0.389 e. The Hall–Kier alpha value is -0.0400. The highest BCUT2D eigenvalue weighted by molar-refractivity contribution is 5.36. The maximum Gasteiger partial charge on any atom is 0.0704 e. The third-order valence-corrected chi connectivity index (χ3v) is 7.79. The lowest BCUT2D eigenvalue weighted by Crippen LogP contribution is -2.50. The van der Waals surface area contributed by atoms with Crippen LogP contribution in [0.2, 0.25) is 0 Å². The Balaban J connectivity index is 1.84. The Kier molecular flexibility index (Phi) is 1.40. The normalized spacial score (nSPS) is 70.1. The van der Waals surface area contributed by atoms with Crippen LogP contribution < -0.4 is 0 Å². The molecular weight excluding hydrogens is 196 g/mol. The lowest BCUT2D eigenvalue weighted by molar-refractivity contribution is -0.118. The predicted octanol–water partition coefficient (Wildman–Crippen LogP) is 3.08. The molecule has 5 saturated carbocycles. The van der Waals surface area contributed by atoms with E-state index in [0.717, 1.165) is 24.2 Å². The van der Waals surface area contributed by atoms with Crippen molar-refractivity contribution in [2.75, 3.05) is 0 Å². The monoisotopic (exact) mass is 220 g/mol. The van der Waals surface area contributed by atoms with Crippen LogP contribution in [0.1, 0.15) is 47.0 Å². The van der Waals surface area contributed by atoms with E-state index >= 15 is 0 Å². The first-order valence-corrected chi connectivity index (χ1v) is 7.10.